The Bertz CT molecular complexity index is 738. The minimum absolute atomic E-state index is 0.183. The van der Waals surface area contributed by atoms with Crippen LogP contribution in [0.4, 0.5) is 10.1 Å². The number of ether oxygens (including phenoxy) is 2. The van der Waals surface area contributed by atoms with Gasteiger partial charge in [-0.3, -0.25) is 4.79 Å². The van der Waals surface area contributed by atoms with Gasteiger partial charge in [-0.1, -0.05) is 6.07 Å². The van der Waals surface area contributed by atoms with Gasteiger partial charge in [-0.25, -0.2) is 4.39 Å². The highest BCUT2D eigenvalue weighted by Crippen LogP contribution is 2.35. The smallest absolute Gasteiger partial charge is 0.237 e. The molecule has 0 unspecified atom stereocenters. The van der Waals surface area contributed by atoms with Crippen LogP contribution < -0.4 is 14.8 Å². The standard InChI is InChI=1S/C18H18FNO3S/c1-12(18(21)20-14-5-2-4-13(19)10-14)24-15-6-7-16-17(11-15)23-9-3-8-22-16/h2,4-7,10-12H,3,8-9H2,1H3,(H,20,21)/t12-/m1/s1. The SMILES string of the molecule is C[C@@H](Sc1ccc2c(c1)OCCCO2)C(=O)Nc1cccc(F)c1. The lowest BCUT2D eigenvalue weighted by atomic mass is 10.3. The molecular weight excluding hydrogens is 329 g/mol. The van der Waals surface area contributed by atoms with E-state index in [2.05, 4.69) is 5.32 Å². The minimum Gasteiger partial charge on any atom is -0.490 e. The van der Waals surface area contributed by atoms with Crippen molar-refractivity contribution >= 4 is 23.4 Å². The van der Waals surface area contributed by atoms with Crippen molar-refractivity contribution in [3.63, 3.8) is 0 Å². The largest absolute Gasteiger partial charge is 0.490 e. The van der Waals surface area contributed by atoms with E-state index in [-0.39, 0.29) is 17.0 Å². The van der Waals surface area contributed by atoms with E-state index in [9.17, 15) is 9.18 Å². The van der Waals surface area contributed by atoms with E-state index < -0.39 is 0 Å². The third kappa shape index (κ3) is 4.20. The zero-order chi connectivity index (χ0) is 16.9. The fourth-order valence-electron chi connectivity index (χ4n) is 2.28. The number of anilines is 1. The first-order valence-corrected chi connectivity index (χ1v) is 8.62. The Kier molecular flexibility index (Phi) is 5.25. The molecule has 0 aliphatic carbocycles. The normalized spacial score (nSPS) is 14.6. The van der Waals surface area contributed by atoms with Crippen LogP contribution in [-0.2, 0) is 4.79 Å². The van der Waals surface area contributed by atoms with Crippen LogP contribution in [0.15, 0.2) is 47.4 Å². The molecule has 3 rings (SSSR count). The molecule has 126 valence electrons. The van der Waals surface area contributed by atoms with Crippen LogP contribution in [0.1, 0.15) is 13.3 Å². The Morgan fingerprint density at radius 3 is 2.75 bits per heavy atom. The van der Waals surface area contributed by atoms with Gasteiger partial charge in [-0.2, -0.15) is 0 Å². The Balaban J connectivity index is 1.64. The van der Waals surface area contributed by atoms with Gasteiger partial charge in [0.05, 0.1) is 18.5 Å². The highest BCUT2D eigenvalue weighted by molar-refractivity contribution is 8.00. The van der Waals surface area contributed by atoms with Crippen molar-refractivity contribution < 1.29 is 18.7 Å². The molecule has 1 atom stereocenters. The van der Waals surface area contributed by atoms with Gasteiger partial charge in [0, 0.05) is 17.0 Å². The van der Waals surface area contributed by atoms with Crippen molar-refractivity contribution in [2.45, 2.75) is 23.5 Å². The number of benzene rings is 2. The number of thioether (sulfide) groups is 1. The van der Waals surface area contributed by atoms with E-state index in [0.717, 1.165) is 17.1 Å². The van der Waals surface area contributed by atoms with Crippen LogP contribution in [0.25, 0.3) is 0 Å². The molecule has 0 spiro atoms. The number of rotatable bonds is 4. The van der Waals surface area contributed by atoms with Crippen molar-refractivity contribution in [2.24, 2.45) is 0 Å². The van der Waals surface area contributed by atoms with Gasteiger partial charge in [0.2, 0.25) is 5.91 Å². The first-order valence-electron chi connectivity index (χ1n) is 7.74. The summed E-state index contributed by atoms with van der Waals surface area (Å²) < 4.78 is 24.4. The summed E-state index contributed by atoms with van der Waals surface area (Å²) in [6.45, 7) is 3.07. The second-order valence-corrected chi connectivity index (χ2v) is 6.83. The number of amides is 1. The molecule has 1 N–H and O–H groups in total. The molecule has 4 nitrogen and oxygen atoms in total. The summed E-state index contributed by atoms with van der Waals surface area (Å²) in [5.74, 6) is 0.873. The van der Waals surface area contributed by atoms with Gasteiger partial charge < -0.3 is 14.8 Å². The van der Waals surface area contributed by atoms with Gasteiger partial charge in [0.1, 0.15) is 5.82 Å². The number of hydrogen-bond acceptors (Lipinski definition) is 4. The molecule has 1 amide bonds. The van der Waals surface area contributed by atoms with E-state index in [1.54, 1.807) is 12.1 Å². The summed E-state index contributed by atoms with van der Waals surface area (Å²) in [7, 11) is 0. The molecule has 0 aromatic heterocycles. The molecule has 24 heavy (non-hydrogen) atoms. The van der Waals surface area contributed by atoms with Crippen LogP contribution in [0, 0.1) is 5.82 Å². The van der Waals surface area contributed by atoms with Gasteiger partial charge in [0.25, 0.3) is 0 Å². The summed E-state index contributed by atoms with van der Waals surface area (Å²) >= 11 is 1.41. The summed E-state index contributed by atoms with van der Waals surface area (Å²) in [6.07, 6.45) is 0.851. The van der Waals surface area contributed by atoms with Gasteiger partial charge >= 0.3 is 0 Å². The summed E-state index contributed by atoms with van der Waals surface area (Å²) in [6, 6.07) is 11.5. The molecule has 0 saturated carbocycles. The maximum atomic E-state index is 13.2. The van der Waals surface area contributed by atoms with Crippen molar-refractivity contribution in [1.82, 2.24) is 0 Å². The topological polar surface area (TPSA) is 47.6 Å². The zero-order valence-electron chi connectivity index (χ0n) is 13.3. The van der Waals surface area contributed by atoms with E-state index >= 15 is 0 Å². The minimum atomic E-state index is -0.379. The molecule has 1 heterocycles. The average molecular weight is 347 g/mol. The predicted octanol–water partition coefficient (Wildman–Crippen LogP) is 4.11. The number of nitrogens with one attached hydrogen (secondary N) is 1. The first kappa shape index (κ1) is 16.6. The monoisotopic (exact) mass is 347 g/mol. The summed E-state index contributed by atoms with van der Waals surface area (Å²) in [4.78, 5) is 13.2. The van der Waals surface area contributed by atoms with Crippen LogP contribution >= 0.6 is 11.8 Å². The van der Waals surface area contributed by atoms with E-state index in [0.29, 0.717) is 24.7 Å². The van der Waals surface area contributed by atoms with Crippen molar-refractivity contribution in [1.29, 1.82) is 0 Å². The number of hydrogen-bond donors (Lipinski definition) is 1. The number of carbonyl (C=O) groups is 1. The molecule has 0 fully saturated rings. The predicted molar refractivity (Wildman–Crippen MR) is 92.4 cm³/mol. The first-order chi connectivity index (χ1) is 11.6. The maximum Gasteiger partial charge on any atom is 0.237 e. The van der Waals surface area contributed by atoms with Gasteiger partial charge in [-0.05, 0) is 43.3 Å². The number of halogens is 1. The molecule has 1 aliphatic rings. The lowest BCUT2D eigenvalue weighted by molar-refractivity contribution is -0.115. The molecule has 0 radical (unpaired) electrons. The second-order valence-electron chi connectivity index (χ2n) is 5.42. The van der Waals surface area contributed by atoms with Gasteiger partial charge in [0.15, 0.2) is 11.5 Å². The third-order valence-corrected chi connectivity index (χ3v) is 4.59. The Labute approximate surface area is 144 Å². The Morgan fingerprint density at radius 2 is 1.96 bits per heavy atom. The molecule has 2 aromatic rings. The lowest BCUT2D eigenvalue weighted by Gasteiger charge is -2.14. The van der Waals surface area contributed by atoms with Crippen molar-refractivity contribution in [3.05, 3.63) is 48.3 Å². The van der Waals surface area contributed by atoms with Gasteiger partial charge in [-0.15, -0.1) is 11.8 Å². The second kappa shape index (κ2) is 7.57. The average Bonchev–Trinajstić information content (AvgIpc) is 2.79. The van der Waals surface area contributed by atoms with E-state index in [4.69, 9.17) is 9.47 Å². The molecule has 0 bridgehead atoms. The summed E-state index contributed by atoms with van der Waals surface area (Å²) in [5.41, 5.74) is 0.450. The fraction of sp³-hybridized carbons (Fsp3) is 0.278. The highest BCUT2D eigenvalue weighted by Gasteiger charge is 2.17. The number of fused-ring (bicyclic) bond motifs is 1. The molecular formula is C18H18FNO3S. The third-order valence-electron chi connectivity index (χ3n) is 3.49. The quantitative estimate of drug-likeness (QED) is 0.846. The number of carbonyl (C=O) groups excluding carboxylic acids is 1. The zero-order valence-corrected chi connectivity index (χ0v) is 14.1. The lowest BCUT2D eigenvalue weighted by Crippen LogP contribution is -2.22. The fourth-order valence-corrected chi connectivity index (χ4v) is 3.18. The van der Waals surface area contributed by atoms with Crippen molar-refractivity contribution in [3.8, 4) is 11.5 Å². The van der Waals surface area contributed by atoms with Crippen LogP contribution in [0.2, 0.25) is 0 Å². The van der Waals surface area contributed by atoms with Crippen LogP contribution in [0.3, 0.4) is 0 Å². The van der Waals surface area contributed by atoms with Crippen LogP contribution in [0.5, 0.6) is 11.5 Å². The molecule has 0 saturated heterocycles. The maximum absolute atomic E-state index is 13.2. The highest BCUT2D eigenvalue weighted by atomic mass is 32.2. The van der Waals surface area contributed by atoms with Crippen LogP contribution in [-0.4, -0.2) is 24.4 Å². The summed E-state index contributed by atoms with van der Waals surface area (Å²) in [5, 5.41) is 2.38. The molecule has 1 aliphatic heterocycles. The Hall–Kier alpha value is -2.21. The van der Waals surface area contributed by atoms with E-state index in [1.807, 2.05) is 25.1 Å². The van der Waals surface area contributed by atoms with E-state index in [1.165, 1.54) is 23.9 Å². The molecule has 6 heteroatoms. The molecule has 2 aromatic carbocycles. The Morgan fingerprint density at radius 1 is 1.17 bits per heavy atom. The van der Waals surface area contributed by atoms with Crippen molar-refractivity contribution in [2.75, 3.05) is 18.5 Å².